The lowest BCUT2D eigenvalue weighted by Crippen LogP contribution is -2.42. The summed E-state index contributed by atoms with van der Waals surface area (Å²) in [6.45, 7) is 2.91. The van der Waals surface area contributed by atoms with Crippen LogP contribution in [0.25, 0.3) is 10.9 Å². The molecule has 1 aliphatic heterocycles. The van der Waals surface area contributed by atoms with Crippen LogP contribution in [-0.4, -0.2) is 48.1 Å². The SMILES string of the molecule is COC(=O)c1[nH]nc2c(OC)ccc(NC=C3C(=O)OC(C)(C)OC3=O)c12. The number of methoxy groups -OCH3 is 2. The molecule has 10 heteroatoms. The molecule has 142 valence electrons. The van der Waals surface area contributed by atoms with Gasteiger partial charge in [-0.15, -0.1) is 0 Å². The van der Waals surface area contributed by atoms with Crippen molar-refractivity contribution in [2.75, 3.05) is 19.5 Å². The minimum absolute atomic E-state index is 0.0854. The van der Waals surface area contributed by atoms with E-state index in [4.69, 9.17) is 18.9 Å². The van der Waals surface area contributed by atoms with Crippen LogP contribution in [0.2, 0.25) is 0 Å². The van der Waals surface area contributed by atoms with Gasteiger partial charge in [-0.3, -0.25) is 5.10 Å². The predicted molar refractivity (Wildman–Crippen MR) is 92.0 cm³/mol. The minimum atomic E-state index is -1.33. The Balaban J connectivity index is 2.02. The van der Waals surface area contributed by atoms with Crippen molar-refractivity contribution in [2.24, 2.45) is 0 Å². The van der Waals surface area contributed by atoms with Crippen LogP contribution in [0, 0.1) is 0 Å². The second kappa shape index (κ2) is 6.63. The number of cyclic esters (lactones) is 2. The van der Waals surface area contributed by atoms with Gasteiger partial charge in [-0.05, 0) is 12.1 Å². The van der Waals surface area contributed by atoms with Crippen molar-refractivity contribution in [2.45, 2.75) is 19.6 Å². The second-order valence-corrected chi connectivity index (χ2v) is 6.01. The van der Waals surface area contributed by atoms with Gasteiger partial charge in [0, 0.05) is 20.0 Å². The van der Waals surface area contributed by atoms with Gasteiger partial charge in [0.1, 0.15) is 11.3 Å². The number of esters is 3. The molecule has 0 saturated carbocycles. The maximum Gasteiger partial charge on any atom is 0.356 e. The zero-order chi connectivity index (χ0) is 19.8. The van der Waals surface area contributed by atoms with Gasteiger partial charge >= 0.3 is 17.9 Å². The normalized spacial score (nSPS) is 15.8. The number of aromatic amines is 1. The summed E-state index contributed by atoms with van der Waals surface area (Å²) in [4.78, 5) is 36.1. The minimum Gasteiger partial charge on any atom is -0.494 e. The standard InChI is InChI=1S/C17H17N3O7/c1-17(2)26-14(21)8(15(22)27-17)7-18-9-5-6-10(24-3)12-11(9)13(20-19-12)16(23)25-4/h5-7,18H,1-4H3,(H,19,20). The number of H-pyrrole nitrogens is 1. The first-order valence-corrected chi connectivity index (χ1v) is 7.84. The van der Waals surface area contributed by atoms with Crippen LogP contribution in [0.1, 0.15) is 24.3 Å². The van der Waals surface area contributed by atoms with Gasteiger partial charge in [-0.2, -0.15) is 5.10 Å². The summed E-state index contributed by atoms with van der Waals surface area (Å²) < 4.78 is 20.0. The molecular formula is C17H17N3O7. The fraction of sp³-hybridized carbons (Fsp3) is 0.294. The molecule has 3 rings (SSSR count). The largest absolute Gasteiger partial charge is 0.494 e. The Morgan fingerprint density at radius 2 is 1.89 bits per heavy atom. The molecule has 1 saturated heterocycles. The number of aromatic nitrogens is 2. The molecule has 1 aromatic heterocycles. The number of rotatable bonds is 4. The van der Waals surface area contributed by atoms with E-state index in [1.807, 2.05) is 0 Å². The fourth-order valence-electron chi connectivity index (χ4n) is 2.57. The lowest BCUT2D eigenvalue weighted by atomic mass is 10.1. The van der Waals surface area contributed by atoms with Gasteiger partial charge in [0.2, 0.25) is 0 Å². The topological polar surface area (TPSA) is 129 Å². The van der Waals surface area contributed by atoms with Gasteiger partial charge in [0.05, 0.1) is 25.3 Å². The number of carbonyl (C=O) groups excluding carboxylic acids is 3. The molecule has 2 N–H and O–H groups in total. The van der Waals surface area contributed by atoms with Crippen LogP contribution >= 0.6 is 0 Å². The lowest BCUT2D eigenvalue weighted by Gasteiger charge is -2.29. The van der Waals surface area contributed by atoms with E-state index in [9.17, 15) is 14.4 Å². The molecule has 0 aliphatic carbocycles. The van der Waals surface area contributed by atoms with Crippen LogP contribution in [0.3, 0.4) is 0 Å². The number of ether oxygens (including phenoxy) is 4. The Morgan fingerprint density at radius 1 is 1.22 bits per heavy atom. The van der Waals surface area contributed by atoms with Crippen molar-refractivity contribution >= 4 is 34.5 Å². The first kappa shape index (κ1) is 18.2. The third kappa shape index (κ3) is 3.28. The maximum atomic E-state index is 12.0. The highest BCUT2D eigenvalue weighted by molar-refractivity contribution is 6.16. The number of carbonyl (C=O) groups is 3. The second-order valence-electron chi connectivity index (χ2n) is 6.01. The Labute approximate surface area is 153 Å². The van der Waals surface area contributed by atoms with E-state index in [1.54, 1.807) is 12.1 Å². The number of hydrogen-bond donors (Lipinski definition) is 2. The molecule has 1 fully saturated rings. The lowest BCUT2D eigenvalue weighted by molar-refractivity contribution is -0.222. The first-order chi connectivity index (χ1) is 12.8. The molecular weight excluding hydrogens is 358 g/mol. The highest BCUT2D eigenvalue weighted by atomic mass is 16.7. The van der Waals surface area contributed by atoms with Gasteiger partial charge in [0.25, 0.3) is 5.79 Å². The smallest absolute Gasteiger partial charge is 0.356 e. The van der Waals surface area contributed by atoms with E-state index in [2.05, 4.69) is 15.5 Å². The monoisotopic (exact) mass is 375 g/mol. The summed E-state index contributed by atoms with van der Waals surface area (Å²) in [5.41, 5.74) is 0.526. The number of fused-ring (bicyclic) bond motifs is 1. The molecule has 0 radical (unpaired) electrons. The van der Waals surface area contributed by atoms with Crippen molar-refractivity contribution in [3.63, 3.8) is 0 Å². The average molecular weight is 375 g/mol. The molecule has 2 heterocycles. The Bertz CT molecular complexity index is 952. The number of nitrogens with one attached hydrogen (secondary N) is 2. The van der Waals surface area contributed by atoms with Crippen molar-refractivity contribution in [3.05, 3.63) is 29.6 Å². The molecule has 0 spiro atoms. The molecule has 0 amide bonds. The Kier molecular flexibility index (Phi) is 4.48. The summed E-state index contributed by atoms with van der Waals surface area (Å²) in [7, 11) is 2.70. The van der Waals surface area contributed by atoms with Gasteiger partial charge in [-0.25, -0.2) is 14.4 Å². The number of nitrogens with zero attached hydrogens (tertiary/aromatic N) is 1. The molecule has 1 aromatic carbocycles. The fourth-order valence-corrected chi connectivity index (χ4v) is 2.57. The quantitative estimate of drug-likeness (QED) is 0.464. The summed E-state index contributed by atoms with van der Waals surface area (Å²) in [5.74, 6) is -3.20. The highest BCUT2D eigenvalue weighted by Gasteiger charge is 2.39. The van der Waals surface area contributed by atoms with Crippen LogP contribution in [-0.2, 0) is 23.8 Å². The zero-order valence-corrected chi connectivity index (χ0v) is 15.0. The highest BCUT2D eigenvalue weighted by Crippen LogP contribution is 2.33. The third-order valence-corrected chi connectivity index (χ3v) is 3.77. The van der Waals surface area contributed by atoms with E-state index >= 15 is 0 Å². The van der Waals surface area contributed by atoms with Crippen LogP contribution < -0.4 is 10.1 Å². The van der Waals surface area contributed by atoms with E-state index in [0.29, 0.717) is 22.3 Å². The van der Waals surface area contributed by atoms with Crippen molar-refractivity contribution in [1.82, 2.24) is 10.2 Å². The van der Waals surface area contributed by atoms with Gasteiger partial charge < -0.3 is 24.3 Å². The summed E-state index contributed by atoms with van der Waals surface area (Å²) in [5, 5.41) is 9.85. The number of benzene rings is 1. The molecule has 1 aliphatic rings. The van der Waals surface area contributed by atoms with E-state index in [0.717, 1.165) is 6.20 Å². The zero-order valence-electron chi connectivity index (χ0n) is 15.0. The molecule has 0 bridgehead atoms. The van der Waals surface area contributed by atoms with Crippen LogP contribution in [0.15, 0.2) is 23.9 Å². The molecule has 2 aromatic rings. The molecule has 0 atom stereocenters. The average Bonchev–Trinajstić information content (AvgIpc) is 3.04. The van der Waals surface area contributed by atoms with Crippen LogP contribution in [0.5, 0.6) is 5.75 Å². The van der Waals surface area contributed by atoms with E-state index in [-0.39, 0.29) is 11.3 Å². The van der Waals surface area contributed by atoms with E-state index in [1.165, 1.54) is 28.1 Å². The van der Waals surface area contributed by atoms with Gasteiger partial charge in [0.15, 0.2) is 11.3 Å². The van der Waals surface area contributed by atoms with Gasteiger partial charge in [-0.1, -0.05) is 0 Å². The molecule has 0 unspecified atom stereocenters. The van der Waals surface area contributed by atoms with E-state index < -0.39 is 23.7 Å². The van der Waals surface area contributed by atoms with Crippen LogP contribution in [0.4, 0.5) is 5.69 Å². The number of anilines is 1. The summed E-state index contributed by atoms with van der Waals surface area (Å²) in [6.07, 6.45) is 1.15. The predicted octanol–water partition coefficient (Wildman–Crippen LogP) is 1.49. The Morgan fingerprint density at radius 3 is 2.48 bits per heavy atom. The molecule has 27 heavy (non-hydrogen) atoms. The maximum absolute atomic E-state index is 12.0. The summed E-state index contributed by atoms with van der Waals surface area (Å²) >= 11 is 0. The Hall–Kier alpha value is -3.56. The summed E-state index contributed by atoms with van der Waals surface area (Å²) in [6, 6.07) is 3.22. The number of hydrogen-bond acceptors (Lipinski definition) is 9. The van der Waals surface area contributed by atoms with Crippen molar-refractivity contribution in [1.29, 1.82) is 0 Å². The first-order valence-electron chi connectivity index (χ1n) is 7.84. The van der Waals surface area contributed by atoms with Crippen molar-refractivity contribution in [3.8, 4) is 5.75 Å². The molecule has 10 nitrogen and oxygen atoms in total. The van der Waals surface area contributed by atoms with Crippen molar-refractivity contribution < 1.29 is 33.3 Å². The third-order valence-electron chi connectivity index (χ3n) is 3.77.